The second-order valence-electron chi connectivity index (χ2n) is 5.56. The van der Waals surface area contributed by atoms with E-state index in [2.05, 4.69) is 30.8 Å². The molecule has 0 amide bonds. The van der Waals surface area contributed by atoms with Gasteiger partial charge in [0.05, 0.1) is 6.61 Å². The molecule has 2 unspecified atom stereocenters. The number of piperidine rings is 1. The molecule has 1 aliphatic rings. The quantitative estimate of drug-likeness (QED) is 0.707. The first-order chi connectivity index (χ1) is 8.08. The van der Waals surface area contributed by atoms with Gasteiger partial charge >= 0.3 is 0 Å². The lowest BCUT2D eigenvalue weighted by molar-refractivity contribution is 0.0658. The number of rotatable bonds is 6. The number of hydrogen-bond donors (Lipinski definition) is 2. The highest BCUT2D eigenvalue weighted by atomic mass is 16.3. The van der Waals surface area contributed by atoms with Gasteiger partial charge in [0, 0.05) is 18.6 Å². The first kappa shape index (κ1) is 14.9. The average molecular weight is 243 g/mol. The van der Waals surface area contributed by atoms with E-state index in [4.69, 9.17) is 5.73 Å². The topological polar surface area (TPSA) is 52.7 Å². The van der Waals surface area contributed by atoms with Crippen molar-refractivity contribution < 1.29 is 5.11 Å². The second-order valence-corrected chi connectivity index (χ2v) is 5.56. The van der Waals surface area contributed by atoms with Crippen LogP contribution >= 0.6 is 0 Å². The molecule has 0 bridgehead atoms. The normalized spacial score (nSPS) is 22.9. The Labute approximate surface area is 106 Å². The Balaban J connectivity index is 2.39. The van der Waals surface area contributed by atoms with Crippen LogP contribution in [0, 0.1) is 5.92 Å². The van der Waals surface area contributed by atoms with Gasteiger partial charge in [0.25, 0.3) is 0 Å². The van der Waals surface area contributed by atoms with E-state index in [1.165, 1.54) is 19.4 Å². The molecule has 0 spiro atoms. The van der Waals surface area contributed by atoms with Gasteiger partial charge in [-0.15, -0.1) is 0 Å². The highest BCUT2D eigenvalue weighted by Crippen LogP contribution is 2.20. The Kier molecular flexibility index (Phi) is 6.41. The van der Waals surface area contributed by atoms with Gasteiger partial charge in [0.1, 0.15) is 0 Å². The standard InChI is InChI=1S/C13H29N3O/c1-4-12(14)13(10-17)16-7-5-11(6-8-16)9-15(2)3/h11-13,17H,4-10,14H2,1-3H3. The third-order valence-electron chi connectivity index (χ3n) is 3.89. The third kappa shape index (κ3) is 4.54. The van der Waals surface area contributed by atoms with Crippen LogP contribution in [0.2, 0.25) is 0 Å². The number of aliphatic hydroxyl groups excluding tert-OH is 1. The second kappa shape index (κ2) is 7.31. The van der Waals surface area contributed by atoms with Gasteiger partial charge in [-0.1, -0.05) is 6.92 Å². The molecule has 1 heterocycles. The Morgan fingerprint density at radius 3 is 2.35 bits per heavy atom. The summed E-state index contributed by atoms with van der Waals surface area (Å²) < 4.78 is 0. The summed E-state index contributed by atoms with van der Waals surface area (Å²) in [5, 5.41) is 9.46. The Morgan fingerprint density at radius 1 is 1.35 bits per heavy atom. The minimum Gasteiger partial charge on any atom is -0.395 e. The summed E-state index contributed by atoms with van der Waals surface area (Å²) in [6, 6.07) is 0.255. The molecule has 1 saturated heterocycles. The molecule has 2 atom stereocenters. The van der Waals surface area contributed by atoms with E-state index in [0.29, 0.717) is 0 Å². The summed E-state index contributed by atoms with van der Waals surface area (Å²) in [6.07, 6.45) is 3.39. The van der Waals surface area contributed by atoms with Crippen LogP contribution in [-0.4, -0.2) is 67.3 Å². The molecule has 1 fully saturated rings. The Morgan fingerprint density at radius 2 is 1.94 bits per heavy atom. The van der Waals surface area contributed by atoms with E-state index in [9.17, 15) is 5.11 Å². The van der Waals surface area contributed by atoms with E-state index >= 15 is 0 Å². The Hall–Kier alpha value is -0.160. The first-order valence-corrected chi connectivity index (χ1v) is 6.83. The monoisotopic (exact) mass is 243 g/mol. The number of nitrogens with two attached hydrogens (primary N) is 1. The van der Waals surface area contributed by atoms with Crippen LogP contribution < -0.4 is 5.73 Å². The molecule has 0 radical (unpaired) electrons. The summed E-state index contributed by atoms with van der Waals surface area (Å²) in [7, 11) is 4.27. The van der Waals surface area contributed by atoms with Crippen LogP contribution in [0.15, 0.2) is 0 Å². The van der Waals surface area contributed by atoms with Gasteiger partial charge < -0.3 is 15.7 Å². The summed E-state index contributed by atoms with van der Waals surface area (Å²) in [6.45, 7) is 5.62. The molecule has 0 saturated carbocycles. The smallest absolute Gasteiger partial charge is 0.0601 e. The summed E-state index contributed by atoms with van der Waals surface area (Å²) in [5.74, 6) is 0.804. The van der Waals surface area contributed by atoms with Crippen molar-refractivity contribution in [3.63, 3.8) is 0 Å². The van der Waals surface area contributed by atoms with Crippen molar-refractivity contribution in [2.24, 2.45) is 11.7 Å². The fourth-order valence-corrected chi connectivity index (χ4v) is 2.78. The van der Waals surface area contributed by atoms with E-state index in [1.54, 1.807) is 0 Å². The molecular formula is C13H29N3O. The fraction of sp³-hybridized carbons (Fsp3) is 1.00. The summed E-state index contributed by atoms with van der Waals surface area (Å²) >= 11 is 0. The summed E-state index contributed by atoms with van der Waals surface area (Å²) in [4.78, 5) is 4.64. The van der Waals surface area contributed by atoms with E-state index in [0.717, 1.165) is 25.4 Å². The fourth-order valence-electron chi connectivity index (χ4n) is 2.78. The van der Waals surface area contributed by atoms with Crippen molar-refractivity contribution in [1.29, 1.82) is 0 Å². The van der Waals surface area contributed by atoms with Crippen molar-refractivity contribution in [1.82, 2.24) is 9.80 Å². The van der Waals surface area contributed by atoms with Gasteiger partial charge in [0.15, 0.2) is 0 Å². The molecule has 0 aromatic rings. The highest BCUT2D eigenvalue weighted by molar-refractivity contribution is 4.84. The third-order valence-corrected chi connectivity index (χ3v) is 3.89. The maximum atomic E-state index is 9.46. The van der Waals surface area contributed by atoms with Gasteiger partial charge in [-0.25, -0.2) is 0 Å². The van der Waals surface area contributed by atoms with Gasteiger partial charge in [-0.2, -0.15) is 0 Å². The average Bonchev–Trinajstić information content (AvgIpc) is 2.31. The molecule has 0 aromatic heterocycles. The minimum atomic E-state index is 0.102. The molecule has 4 heteroatoms. The molecule has 3 N–H and O–H groups in total. The van der Waals surface area contributed by atoms with Crippen LogP contribution in [0.25, 0.3) is 0 Å². The van der Waals surface area contributed by atoms with Gasteiger partial charge in [-0.3, -0.25) is 4.90 Å². The van der Waals surface area contributed by atoms with Gasteiger partial charge in [-0.05, 0) is 52.4 Å². The molecule has 1 rings (SSSR count). The van der Waals surface area contributed by atoms with Crippen molar-refractivity contribution in [3.05, 3.63) is 0 Å². The predicted molar refractivity (Wildman–Crippen MR) is 72.0 cm³/mol. The van der Waals surface area contributed by atoms with Crippen LogP contribution in [0.1, 0.15) is 26.2 Å². The van der Waals surface area contributed by atoms with Crippen LogP contribution in [-0.2, 0) is 0 Å². The van der Waals surface area contributed by atoms with Gasteiger partial charge in [0.2, 0.25) is 0 Å². The lowest BCUT2D eigenvalue weighted by Gasteiger charge is -2.39. The van der Waals surface area contributed by atoms with Crippen molar-refractivity contribution >= 4 is 0 Å². The molecule has 0 aliphatic carbocycles. The molecule has 1 aliphatic heterocycles. The lowest BCUT2D eigenvalue weighted by Crippen LogP contribution is -2.52. The highest BCUT2D eigenvalue weighted by Gasteiger charge is 2.27. The largest absolute Gasteiger partial charge is 0.395 e. The number of nitrogens with zero attached hydrogens (tertiary/aromatic N) is 2. The van der Waals surface area contributed by atoms with Crippen molar-refractivity contribution in [2.45, 2.75) is 38.3 Å². The van der Waals surface area contributed by atoms with Crippen molar-refractivity contribution in [3.8, 4) is 0 Å². The molecule has 17 heavy (non-hydrogen) atoms. The maximum absolute atomic E-state index is 9.46. The van der Waals surface area contributed by atoms with Crippen molar-refractivity contribution in [2.75, 3.05) is 40.3 Å². The number of aliphatic hydroxyl groups is 1. The first-order valence-electron chi connectivity index (χ1n) is 6.83. The van der Waals surface area contributed by atoms with Crippen LogP contribution in [0.5, 0.6) is 0 Å². The van der Waals surface area contributed by atoms with E-state index in [-0.39, 0.29) is 18.7 Å². The lowest BCUT2D eigenvalue weighted by atomic mass is 9.94. The minimum absolute atomic E-state index is 0.102. The Bertz CT molecular complexity index is 203. The zero-order chi connectivity index (χ0) is 12.8. The molecule has 4 nitrogen and oxygen atoms in total. The zero-order valence-corrected chi connectivity index (χ0v) is 11.6. The number of hydrogen-bond acceptors (Lipinski definition) is 4. The summed E-state index contributed by atoms with van der Waals surface area (Å²) in [5.41, 5.74) is 6.06. The van der Waals surface area contributed by atoms with Crippen LogP contribution in [0.3, 0.4) is 0 Å². The molecule has 0 aromatic carbocycles. The van der Waals surface area contributed by atoms with Crippen LogP contribution in [0.4, 0.5) is 0 Å². The zero-order valence-electron chi connectivity index (χ0n) is 11.6. The van der Waals surface area contributed by atoms with E-state index in [1.807, 2.05) is 0 Å². The predicted octanol–water partition coefficient (Wildman–Crippen LogP) is 0.358. The molecular weight excluding hydrogens is 214 g/mol. The maximum Gasteiger partial charge on any atom is 0.0601 e. The molecule has 102 valence electrons. The SMILES string of the molecule is CCC(N)C(CO)N1CCC(CN(C)C)CC1. The van der Waals surface area contributed by atoms with E-state index < -0.39 is 0 Å². The number of likely N-dealkylation sites (tertiary alicyclic amines) is 1.